The number of amides is 1. The highest BCUT2D eigenvalue weighted by atomic mass is 35.5. The predicted octanol–water partition coefficient (Wildman–Crippen LogP) is 2.76. The Kier molecular flexibility index (Phi) is 4.46. The van der Waals surface area contributed by atoms with Gasteiger partial charge in [-0.3, -0.25) is 4.79 Å². The van der Waals surface area contributed by atoms with Gasteiger partial charge in [0.2, 0.25) is 0 Å². The first-order chi connectivity index (χ1) is 9.52. The van der Waals surface area contributed by atoms with E-state index in [2.05, 4.69) is 15.5 Å². The van der Waals surface area contributed by atoms with Crippen molar-refractivity contribution in [3.63, 3.8) is 0 Å². The highest BCUT2D eigenvalue weighted by molar-refractivity contribution is 7.11. The van der Waals surface area contributed by atoms with Crippen LogP contribution in [0.15, 0.2) is 35.8 Å². The molecule has 5 nitrogen and oxygen atoms in total. The highest BCUT2D eigenvalue weighted by Gasteiger charge is 2.49. The molecular weight excluding hydrogens is 312 g/mol. The maximum Gasteiger partial charge on any atom is 0.323 e. The molecule has 0 radical (unpaired) electrons. The summed E-state index contributed by atoms with van der Waals surface area (Å²) in [5.74, 6) is -1.18. The van der Waals surface area contributed by atoms with Crippen LogP contribution in [-0.2, 0) is 4.79 Å². The fourth-order valence-corrected chi connectivity index (χ4v) is 1.89. The van der Waals surface area contributed by atoms with Gasteiger partial charge in [-0.05, 0) is 12.1 Å². The van der Waals surface area contributed by atoms with Crippen molar-refractivity contribution in [1.29, 1.82) is 0 Å². The summed E-state index contributed by atoms with van der Waals surface area (Å²) < 4.78 is 30.9. The highest BCUT2D eigenvalue weighted by Crippen LogP contribution is 2.30. The summed E-state index contributed by atoms with van der Waals surface area (Å²) in [6.07, 6.45) is -3.25. The first-order valence-electron chi connectivity index (χ1n) is 5.31. The number of nitrogens with one attached hydrogen (secondary N) is 1. The average Bonchev–Trinajstić information content (AvgIpc) is 2.92. The van der Waals surface area contributed by atoms with Gasteiger partial charge in [-0.1, -0.05) is 41.1 Å². The van der Waals surface area contributed by atoms with E-state index in [4.69, 9.17) is 16.3 Å². The van der Waals surface area contributed by atoms with Gasteiger partial charge in [0.1, 0.15) is 5.51 Å². The van der Waals surface area contributed by atoms with Gasteiger partial charge in [0.25, 0.3) is 11.1 Å². The second kappa shape index (κ2) is 6.10. The Morgan fingerprint density at radius 1 is 1.40 bits per heavy atom. The van der Waals surface area contributed by atoms with Crippen LogP contribution >= 0.6 is 22.9 Å². The third-order valence-electron chi connectivity index (χ3n) is 2.20. The number of hydrogen-bond acceptors (Lipinski definition) is 5. The Hall–Kier alpha value is -1.80. The van der Waals surface area contributed by atoms with E-state index in [1.165, 1.54) is 17.6 Å². The number of nitrogens with zero attached hydrogens (tertiary/aromatic N) is 2. The van der Waals surface area contributed by atoms with Gasteiger partial charge in [0.05, 0.1) is 0 Å². The third-order valence-corrected chi connectivity index (χ3v) is 3.18. The van der Waals surface area contributed by atoms with E-state index in [0.29, 0.717) is 5.69 Å². The standard InChI is InChI=1S/C11H8ClF2N3O2S/c12-11(8(13)14,19-10-17-15-6-20-10)9(18)16-7-4-2-1-3-5-7/h1-6,8H,(H,16,18). The topological polar surface area (TPSA) is 64.1 Å². The van der Waals surface area contributed by atoms with Gasteiger partial charge in [-0.15, -0.1) is 10.2 Å². The van der Waals surface area contributed by atoms with Crippen LogP contribution in [0.1, 0.15) is 0 Å². The van der Waals surface area contributed by atoms with Crippen molar-refractivity contribution >= 4 is 34.5 Å². The Morgan fingerprint density at radius 3 is 2.65 bits per heavy atom. The van der Waals surface area contributed by atoms with Gasteiger partial charge >= 0.3 is 11.5 Å². The predicted molar refractivity (Wildman–Crippen MR) is 70.2 cm³/mol. The van der Waals surface area contributed by atoms with Crippen LogP contribution in [0.4, 0.5) is 14.5 Å². The molecule has 1 aromatic heterocycles. The summed E-state index contributed by atoms with van der Waals surface area (Å²) in [7, 11) is 0. The Morgan fingerprint density at radius 2 is 2.10 bits per heavy atom. The number of aromatic nitrogens is 2. The lowest BCUT2D eigenvalue weighted by Gasteiger charge is -2.24. The first kappa shape index (κ1) is 14.6. The lowest BCUT2D eigenvalue weighted by atomic mass is 10.3. The van der Waals surface area contributed by atoms with Crippen molar-refractivity contribution < 1.29 is 18.3 Å². The van der Waals surface area contributed by atoms with E-state index in [1.807, 2.05) is 0 Å². The smallest absolute Gasteiger partial charge is 0.323 e. The van der Waals surface area contributed by atoms with Crippen LogP contribution in [0.3, 0.4) is 0 Å². The number of benzene rings is 1. The SMILES string of the molecule is O=C(Nc1ccccc1)C(Cl)(Oc1nncs1)C(F)F. The zero-order valence-corrected chi connectivity index (χ0v) is 11.4. The number of para-hydroxylation sites is 1. The largest absolute Gasteiger partial charge is 0.430 e. The summed E-state index contributed by atoms with van der Waals surface area (Å²) in [5.41, 5.74) is 1.59. The molecule has 2 aromatic rings. The van der Waals surface area contributed by atoms with Crippen molar-refractivity contribution in [3.05, 3.63) is 35.8 Å². The molecule has 1 amide bonds. The minimum Gasteiger partial charge on any atom is -0.430 e. The molecule has 2 rings (SSSR count). The normalized spacial score (nSPS) is 13.8. The molecule has 0 aliphatic carbocycles. The quantitative estimate of drug-likeness (QED) is 0.861. The van der Waals surface area contributed by atoms with E-state index < -0.39 is 17.4 Å². The fraction of sp³-hybridized carbons (Fsp3) is 0.182. The number of carbonyl (C=O) groups excluding carboxylic acids is 1. The minimum absolute atomic E-state index is 0.219. The monoisotopic (exact) mass is 319 g/mol. The third kappa shape index (κ3) is 3.20. The molecule has 0 aliphatic rings. The van der Waals surface area contributed by atoms with Gasteiger partial charge < -0.3 is 10.1 Å². The molecule has 0 saturated carbocycles. The van der Waals surface area contributed by atoms with Gasteiger partial charge in [0, 0.05) is 5.69 Å². The molecule has 0 fully saturated rings. The Labute approximate surface area is 121 Å². The fourth-order valence-electron chi connectivity index (χ4n) is 1.26. The van der Waals surface area contributed by atoms with Crippen molar-refractivity contribution in [3.8, 4) is 5.19 Å². The maximum atomic E-state index is 13.1. The van der Waals surface area contributed by atoms with Crippen LogP contribution in [0.2, 0.25) is 0 Å². The van der Waals surface area contributed by atoms with Crippen molar-refractivity contribution in [2.24, 2.45) is 0 Å². The first-order valence-corrected chi connectivity index (χ1v) is 6.57. The van der Waals surface area contributed by atoms with Crippen LogP contribution in [0, 0.1) is 0 Å². The lowest BCUT2D eigenvalue weighted by molar-refractivity contribution is -0.134. The van der Waals surface area contributed by atoms with Gasteiger partial charge in [0.15, 0.2) is 0 Å². The van der Waals surface area contributed by atoms with E-state index in [0.717, 1.165) is 11.3 Å². The zero-order chi connectivity index (χ0) is 14.6. The van der Waals surface area contributed by atoms with E-state index in [9.17, 15) is 13.6 Å². The van der Waals surface area contributed by atoms with Crippen molar-refractivity contribution in [2.45, 2.75) is 11.5 Å². The number of carbonyl (C=O) groups is 1. The summed E-state index contributed by atoms with van der Waals surface area (Å²) in [6.45, 7) is 0. The van der Waals surface area contributed by atoms with Crippen molar-refractivity contribution in [2.75, 3.05) is 5.32 Å². The molecule has 0 bridgehead atoms. The molecule has 106 valence electrons. The van der Waals surface area contributed by atoms with E-state index >= 15 is 0 Å². The van der Waals surface area contributed by atoms with Gasteiger partial charge in [-0.25, -0.2) is 8.78 Å². The van der Waals surface area contributed by atoms with Crippen LogP contribution in [0.5, 0.6) is 5.19 Å². The number of alkyl halides is 3. The summed E-state index contributed by atoms with van der Waals surface area (Å²) in [6, 6.07) is 8.06. The number of ether oxygens (including phenoxy) is 1. The minimum atomic E-state index is -3.25. The average molecular weight is 320 g/mol. The number of halogens is 3. The number of anilines is 1. The second-order valence-corrected chi connectivity index (χ2v) is 4.93. The lowest BCUT2D eigenvalue weighted by Crippen LogP contribution is -2.49. The summed E-state index contributed by atoms with van der Waals surface area (Å²) in [5, 5.41) is 6.01. The molecule has 0 aliphatic heterocycles. The number of hydrogen-bond donors (Lipinski definition) is 1. The zero-order valence-electron chi connectivity index (χ0n) is 9.79. The number of rotatable bonds is 5. The molecule has 0 spiro atoms. The Balaban J connectivity index is 2.17. The van der Waals surface area contributed by atoms with Gasteiger partial charge in [-0.2, -0.15) is 0 Å². The molecule has 1 heterocycles. The molecular formula is C11H8ClF2N3O2S. The Bertz CT molecular complexity index is 570. The molecule has 20 heavy (non-hydrogen) atoms. The summed E-state index contributed by atoms with van der Waals surface area (Å²) >= 11 is 6.47. The van der Waals surface area contributed by atoms with E-state index in [1.54, 1.807) is 18.2 Å². The maximum absolute atomic E-state index is 13.1. The molecule has 9 heteroatoms. The second-order valence-electron chi connectivity index (χ2n) is 3.57. The molecule has 1 aromatic carbocycles. The summed E-state index contributed by atoms with van der Waals surface area (Å²) in [4.78, 5) is 11.9. The molecule has 1 unspecified atom stereocenters. The van der Waals surface area contributed by atoms with E-state index in [-0.39, 0.29) is 5.19 Å². The van der Waals surface area contributed by atoms with Crippen molar-refractivity contribution in [1.82, 2.24) is 10.2 Å². The van der Waals surface area contributed by atoms with Crippen LogP contribution in [-0.4, -0.2) is 27.6 Å². The molecule has 1 atom stereocenters. The van der Waals surface area contributed by atoms with Crippen LogP contribution in [0.25, 0.3) is 0 Å². The van der Waals surface area contributed by atoms with Crippen LogP contribution < -0.4 is 10.1 Å². The molecule has 0 saturated heterocycles. The molecule has 1 N–H and O–H groups in total.